The minimum atomic E-state index is -1.18. The molecule has 0 amide bonds. The van der Waals surface area contributed by atoms with Gasteiger partial charge in [0, 0.05) is 11.1 Å². The fourth-order valence-corrected chi connectivity index (χ4v) is 1.81. The van der Waals surface area contributed by atoms with E-state index in [0.29, 0.717) is 16.7 Å². The summed E-state index contributed by atoms with van der Waals surface area (Å²) in [5.74, 6) is -1.21. The van der Waals surface area contributed by atoms with E-state index in [0.717, 1.165) is 0 Å². The highest BCUT2D eigenvalue weighted by atomic mass is 16.4. The topological polar surface area (TPSA) is 104 Å². The SMILES string of the molecule is NC(C(=O)O)c1ccc(O)c(-c2ccccc2O)c1. The van der Waals surface area contributed by atoms with Gasteiger partial charge in [-0.05, 0) is 23.8 Å². The Morgan fingerprint density at radius 1 is 1.00 bits per heavy atom. The van der Waals surface area contributed by atoms with E-state index in [1.165, 1.54) is 24.3 Å². The highest BCUT2D eigenvalue weighted by Crippen LogP contribution is 2.36. The zero-order valence-corrected chi connectivity index (χ0v) is 9.95. The first-order chi connectivity index (χ1) is 9.00. The number of carboxylic acids is 1. The number of hydrogen-bond donors (Lipinski definition) is 4. The average molecular weight is 259 g/mol. The van der Waals surface area contributed by atoms with Gasteiger partial charge in [-0.1, -0.05) is 24.3 Å². The molecule has 5 heteroatoms. The Kier molecular flexibility index (Phi) is 3.39. The summed E-state index contributed by atoms with van der Waals surface area (Å²) in [4.78, 5) is 10.9. The van der Waals surface area contributed by atoms with Gasteiger partial charge in [0.2, 0.25) is 0 Å². The predicted molar refractivity (Wildman–Crippen MR) is 69.8 cm³/mol. The average Bonchev–Trinajstić information content (AvgIpc) is 2.39. The van der Waals surface area contributed by atoms with Crippen molar-refractivity contribution in [3.05, 3.63) is 48.0 Å². The lowest BCUT2D eigenvalue weighted by molar-refractivity contribution is -0.138. The van der Waals surface area contributed by atoms with Crippen LogP contribution in [-0.2, 0) is 4.79 Å². The Balaban J connectivity index is 2.55. The Morgan fingerprint density at radius 3 is 2.26 bits per heavy atom. The van der Waals surface area contributed by atoms with E-state index in [9.17, 15) is 15.0 Å². The molecule has 0 saturated heterocycles. The summed E-state index contributed by atoms with van der Waals surface area (Å²) < 4.78 is 0. The second kappa shape index (κ2) is 4.99. The molecule has 0 saturated carbocycles. The van der Waals surface area contributed by atoms with Crippen LogP contribution in [0, 0.1) is 0 Å². The standard InChI is InChI=1S/C14H13NO4/c15-13(14(18)19)8-5-6-12(17)10(7-8)9-3-1-2-4-11(9)16/h1-7,13,16-17H,15H2,(H,18,19). The van der Waals surface area contributed by atoms with E-state index in [2.05, 4.69) is 0 Å². The van der Waals surface area contributed by atoms with Crippen LogP contribution in [-0.4, -0.2) is 21.3 Å². The number of carboxylic acid groups (broad SMARTS) is 1. The van der Waals surface area contributed by atoms with Gasteiger partial charge in [-0.3, -0.25) is 4.79 Å². The van der Waals surface area contributed by atoms with E-state index >= 15 is 0 Å². The summed E-state index contributed by atoms with van der Waals surface area (Å²) in [6.07, 6.45) is 0. The van der Waals surface area contributed by atoms with Crippen LogP contribution in [0.3, 0.4) is 0 Å². The molecule has 1 unspecified atom stereocenters. The molecule has 98 valence electrons. The van der Waals surface area contributed by atoms with Crippen LogP contribution >= 0.6 is 0 Å². The maximum absolute atomic E-state index is 10.9. The van der Waals surface area contributed by atoms with Crippen LogP contribution in [0.4, 0.5) is 0 Å². The molecule has 5 nitrogen and oxygen atoms in total. The number of nitrogens with two attached hydrogens (primary N) is 1. The van der Waals surface area contributed by atoms with E-state index in [1.54, 1.807) is 18.2 Å². The molecule has 0 heterocycles. The fraction of sp³-hybridized carbons (Fsp3) is 0.0714. The smallest absolute Gasteiger partial charge is 0.325 e. The van der Waals surface area contributed by atoms with Crippen molar-refractivity contribution in [3.63, 3.8) is 0 Å². The third-order valence-electron chi connectivity index (χ3n) is 2.84. The zero-order chi connectivity index (χ0) is 14.0. The number of phenols is 2. The van der Waals surface area contributed by atoms with E-state index in [4.69, 9.17) is 10.8 Å². The van der Waals surface area contributed by atoms with Crippen molar-refractivity contribution >= 4 is 5.97 Å². The molecule has 0 aliphatic rings. The maximum atomic E-state index is 10.9. The van der Waals surface area contributed by atoms with Gasteiger partial charge in [0.25, 0.3) is 0 Å². The summed E-state index contributed by atoms with van der Waals surface area (Å²) >= 11 is 0. The van der Waals surface area contributed by atoms with Crippen LogP contribution in [0.25, 0.3) is 11.1 Å². The Morgan fingerprint density at radius 2 is 1.63 bits per heavy atom. The summed E-state index contributed by atoms with van der Waals surface area (Å²) in [7, 11) is 0. The number of rotatable bonds is 3. The monoisotopic (exact) mass is 259 g/mol. The largest absolute Gasteiger partial charge is 0.507 e. The summed E-state index contributed by atoms with van der Waals surface area (Å²) in [6, 6.07) is 9.56. The molecule has 2 rings (SSSR count). The van der Waals surface area contributed by atoms with Crippen molar-refractivity contribution in [1.82, 2.24) is 0 Å². The molecule has 0 bridgehead atoms. The Labute approximate surface area is 109 Å². The van der Waals surface area contributed by atoms with Crippen molar-refractivity contribution in [2.24, 2.45) is 5.73 Å². The third kappa shape index (κ3) is 2.51. The van der Waals surface area contributed by atoms with Crippen molar-refractivity contribution in [1.29, 1.82) is 0 Å². The van der Waals surface area contributed by atoms with Crippen LogP contribution in [0.1, 0.15) is 11.6 Å². The molecule has 5 N–H and O–H groups in total. The van der Waals surface area contributed by atoms with Gasteiger partial charge >= 0.3 is 5.97 Å². The number of aliphatic carboxylic acids is 1. The first kappa shape index (κ1) is 12.9. The van der Waals surface area contributed by atoms with Gasteiger partial charge < -0.3 is 21.1 Å². The number of para-hydroxylation sites is 1. The predicted octanol–water partition coefficient (Wildman–Crippen LogP) is 1.85. The minimum Gasteiger partial charge on any atom is -0.507 e. The van der Waals surface area contributed by atoms with Crippen LogP contribution < -0.4 is 5.73 Å². The molecule has 2 aromatic carbocycles. The molecule has 0 spiro atoms. The van der Waals surface area contributed by atoms with Crippen molar-refractivity contribution in [2.75, 3.05) is 0 Å². The normalized spacial score (nSPS) is 12.1. The van der Waals surface area contributed by atoms with Crippen molar-refractivity contribution < 1.29 is 20.1 Å². The van der Waals surface area contributed by atoms with Crippen molar-refractivity contribution in [2.45, 2.75) is 6.04 Å². The Bertz CT molecular complexity index is 625. The first-order valence-electron chi connectivity index (χ1n) is 5.60. The maximum Gasteiger partial charge on any atom is 0.325 e. The summed E-state index contributed by atoms with van der Waals surface area (Å²) in [6.45, 7) is 0. The fourth-order valence-electron chi connectivity index (χ4n) is 1.81. The van der Waals surface area contributed by atoms with Gasteiger partial charge in [0.15, 0.2) is 0 Å². The number of aromatic hydroxyl groups is 2. The third-order valence-corrected chi connectivity index (χ3v) is 2.84. The second-order valence-corrected chi connectivity index (χ2v) is 4.11. The lowest BCUT2D eigenvalue weighted by Crippen LogP contribution is -2.20. The molecule has 0 aliphatic carbocycles. The van der Waals surface area contributed by atoms with Crippen LogP contribution in [0.2, 0.25) is 0 Å². The number of phenolic OH excluding ortho intramolecular Hbond substituents is 2. The molecular formula is C14H13NO4. The van der Waals surface area contributed by atoms with E-state index in [1.807, 2.05) is 0 Å². The lowest BCUT2D eigenvalue weighted by atomic mass is 9.98. The van der Waals surface area contributed by atoms with Crippen LogP contribution in [0.15, 0.2) is 42.5 Å². The van der Waals surface area contributed by atoms with E-state index < -0.39 is 12.0 Å². The molecule has 2 aromatic rings. The van der Waals surface area contributed by atoms with Gasteiger partial charge in [0.1, 0.15) is 17.5 Å². The van der Waals surface area contributed by atoms with Crippen LogP contribution in [0.5, 0.6) is 11.5 Å². The number of benzene rings is 2. The quantitative estimate of drug-likeness (QED) is 0.673. The number of hydrogen-bond acceptors (Lipinski definition) is 4. The van der Waals surface area contributed by atoms with Gasteiger partial charge in [-0.25, -0.2) is 0 Å². The van der Waals surface area contributed by atoms with E-state index in [-0.39, 0.29) is 11.5 Å². The molecule has 0 aromatic heterocycles. The molecule has 19 heavy (non-hydrogen) atoms. The highest BCUT2D eigenvalue weighted by Gasteiger charge is 2.17. The molecule has 1 atom stereocenters. The highest BCUT2D eigenvalue weighted by molar-refractivity contribution is 5.79. The summed E-state index contributed by atoms with van der Waals surface area (Å²) in [5.41, 5.74) is 6.64. The van der Waals surface area contributed by atoms with Gasteiger partial charge in [-0.15, -0.1) is 0 Å². The number of carbonyl (C=O) groups is 1. The summed E-state index contributed by atoms with van der Waals surface area (Å²) in [5, 5.41) is 28.5. The van der Waals surface area contributed by atoms with Crippen molar-refractivity contribution in [3.8, 4) is 22.6 Å². The molecular weight excluding hydrogens is 246 g/mol. The molecule has 0 radical (unpaired) electrons. The molecule has 0 aliphatic heterocycles. The molecule has 0 fully saturated rings. The Hall–Kier alpha value is -2.53. The lowest BCUT2D eigenvalue weighted by Gasteiger charge is -2.11. The zero-order valence-electron chi connectivity index (χ0n) is 9.95. The van der Waals surface area contributed by atoms with Gasteiger partial charge in [0.05, 0.1) is 0 Å². The minimum absolute atomic E-state index is 0.00107. The van der Waals surface area contributed by atoms with Gasteiger partial charge in [-0.2, -0.15) is 0 Å². The first-order valence-corrected chi connectivity index (χ1v) is 5.60. The second-order valence-electron chi connectivity index (χ2n) is 4.11.